The predicted octanol–water partition coefficient (Wildman–Crippen LogP) is 3.71. The molecule has 0 radical (unpaired) electrons. The number of hydrogen-bond acceptors (Lipinski definition) is 0. The van der Waals surface area contributed by atoms with Gasteiger partial charge in [-0.25, -0.2) is 0 Å². The monoisotopic (exact) mass is 286 g/mol. The molecule has 0 atom stereocenters. The molecule has 1 heterocycles. The van der Waals surface area contributed by atoms with E-state index in [0.717, 1.165) is 0 Å². The van der Waals surface area contributed by atoms with Crippen molar-refractivity contribution in [1.82, 2.24) is 0 Å². The molecular weight excluding hydrogens is 271 g/mol. The molecular formula is C16H14Se. The third-order valence-electron chi connectivity index (χ3n) is 3.14. The van der Waals surface area contributed by atoms with E-state index in [0.29, 0.717) is 15.0 Å². The van der Waals surface area contributed by atoms with Gasteiger partial charge in [0.25, 0.3) is 0 Å². The van der Waals surface area contributed by atoms with Gasteiger partial charge in [0.05, 0.1) is 0 Å². The third kappa shape index (κ3) is 2.09. The molecule has 0 aromatic heterocycles. The van der Waals surface area contributed by atoms with Gasteiger partial charge in [-0.2, -0.15) is 0 Å². The zero-order chi connectivity index (χ0) is 11.7. The predicted molar refractivity (Wildman–Crippen MR) is 75.0 cm³/mol. The van der Waals surface area contributed by atoms with Gasteiger partial charge in [0.15, 0.2) is 0 Å². The summed E-state index contributed by atoms with van der Waals surface area (Å²) < 4.78 is 1.54. The van der Waals surface area contributed by atoms with Crippen molar-refractivity contribution < 1.29 is 0 Å². The van der Waals surface area contributed by atoms with E-state index >= 15 is 0 Å². The Morgan fingerprint density at radius 3 is 2.65 bits per heavy atom. The van der Waals surface area contributed by atoms with Gasteiger partial charge in [-0.1, -0.05) is 0 Å². The van der Waals surface area contributed by atoms with E-state index in [4.69, 9.17) is 0 Å². The van der Waals surface area contributed by atoms with Crippen LogP contribution in [0.4, 0.5) is 0 Å². The average Bonchev–Trinajstić information content (AvgIpc) is 2.76. The van der Waals surface area contributed by atoms with Crippen molar-refractivity contribution in [2.75, 3.05) is 0 Å². The fourth-order valence-electron chi connectivity index (χ4n) is 2.13. The van der Waals surface area contributed by atoms with E-state index in [9.17, 15) is 0 Å². The molecule has 1 heteroatoms. The Morgan fingerprint density at radius 1 is 1.00 bits per heavy atom. The van der Waals surface area contributed by atoms with Crippen LogP contribution in [-0.4, -0.2) is 15.0 Å². The quantitative estimate of drug-likeness (QED) is 0.701. The second-order valence-corrected chi connectivity index (χ2v) is 6.45. The first-order valence-electron chi connectivity index (χ1n) is 5.83. The summed E-state index contributed by atoms with van der Waals surface area (Å²) in [6.07, 6.45) is 2.38. The van der Waals surface area contributed by atoms with E-state index in [2.05, 4.69) is 61.5 Å². The van der Waals surface area contributed by atoms with Crippen LogP contribution >= 0.6 is 0 Å². The van der Waals surface area contributed by atoms with Crippen molar-refractivity contribution in [3.05, 3.63) is 70.8 Å². The van der Waals surface area contributed by atoms with Crippen LogP contribution in [0, 0.1) is 6.92 Å². The minimum atomic E-state index is 0.603. The van der Waals surface area contributed by atoms with E-state index in [1.807, 2.05) is 0 Å². The molecule has 84 valence electrons. The molecule has 2 aromatic carbocycles. The molecule has 1 aliphatic rings. The topological polar surface area (TPSA) is 0 Å². The maximum absolute atomic E-state index is 2.38. The summed E-state index contributed by atoms with van der Waals surface area (Å²) >= 11 is 0.603. The number of benzene rings is 2. The van der Waals surface area contributed by atoms with Crippen LogP contribution < -0.4 is 0 Å². The number of fused-ring (bicyclic) bond motifs is 1. The van der Waals surface area contributed by atoms with Crippen molar-refractivity contribution in [3.8, 4) is 0 Å². The fourth-order valence-corrected chi connectivity index (χ4v) is 4.50. The zero-order valence-electron chi connectivity index (χ0n) is 9.81. The van der Waals surface area contributed by atoms with Gasteiger partial charge in [-0.05, 0) is 0 Å². The van der Waals surface area contributed by atoms with Crippen LogP contribution in [0.5, 0.6) is 0 Å². The summed E-state index contributed by atoms with van der Waals surface area (Å²) in [6.45, 7) is 2.18. The molecule has 0 N–H and O–H groups in total. The summed E-state index contributed by atoms with van der Waals surface area (Å²) in [5, 5.41) is 1.25. The first kappa shape index (κ1) is 10.8. The Balaban J connectivity index is 2.05. The Morgan fingerprint density at radius 2 is 1.76 bits per heavy atom. The van der Waals surface area contributed by atoms with Crippen molar-refractivity contribution in [2.24, 2.45) is 0 Å². The summed E-state index contributed by atoms with van der Waals surface area (Å²) in [6, 6.07) is 17.4. The zero-order valence-corrected chi connectivity index (χ0v) is 11.5. The van der Waals surface area contributed by atoms with Gasteiger partial charge in [-0.15, -0.1) is 0 Å². The summed E-state index contributed by atoms with van der Waals surface area (Å²) in [4.78, 5) is 0. The van der Waals surface area contributed by atoms with Gasteiger partial charge in [0, 0.05) is 0 Å². The van der Waals surface area contributed by atoms with Crippen molar-refractivity contribution in [2.45, 2.75) is 12.2 Å². The molecule has 17 heavy (non-hydrogen) atoms. The van der Waals surface area contributed by atoms with Crippen LogP contribution in [0.3, 0.4) is 0 Å². The van der Waals surface area contributed by atoms with Crippen LogP contribution in [-0.2, 0) is 5.32 Å². The third-order valence-corrected chi connectivity index (χ3v) is 5.46. The molecule has 0 spiro atoms. The SMILES string of the molecule is Cc1ccccc1/C=C1\[Se]Cc2ccccc21. The Bertz CT molecular complexity index is 582. The van der Waals surface area contributed by atoms with Crippen LogP contribution in [0.1, 0.15) is 22.3 Å². The molecule has 0 bridgehead atoms. The van der Waals surface area contributed by atoms with Crippen molar-refractivity contribution in [3.63, 3.8) is 0 Å². The van der Waals surface area contributed by atoms with Gasteiger partial charge >= 0.3 is 109 Å². The van der Waals surface area contributed by atoms with Crippen LogP contribution in [0.15, 0.2) is 48.5 Å². The van der Waals surface area contributed by atoms with Crippen molar-refractivity contribution >= 4 is 25.5 Å². The minimum absolute atomic E-state index is 0.603. The molecule has 0 nitrogen and oxygen atoms in total. The van der Waals surface area contributed by atoms with E-state index in [-0.39, 0.29) is 0 Å². The molecule has 0 fully saturated rings. The van der Waals surface area contributed by atoms with E-state index in [1.54, 1.807) is 4.47 Å². The van der Waals surface area contributed by atoms with Crippen LogP contribution in [0.25, 0.3) is 10.5 Å². The Labute approximate surface area is 109 Å². The molecule has 0 saturated carbocycles. The normalized spacial score (nSPS) is 16.2. The molecule has 0 unspecified atom stereocenters. The first-order valence-corrected chi connectivity index (χ1v) is 7.90. The Hall–Kier alpha value is -1.30. The van der Waals surface area contributed by atoms with Crippen molar-refractivity contribution in [1.29, 1.82) is 0 Å². The van der Waals surface area contributed by atoms with Gasteiger partial charge in [0.2, 0.25) is 0 Å². The second kappa shape index (κ2) is 4.52. The molecule has 0 amide bonds. The second-order valence-electron chi connectivity index (χ2n) is 4.31. The van der Waals surface area contributed by atoms with Gasteiger partial charge in [0.1, 0.15) is 0 Å². The van der Waals surface area contributed by atoms with E-state index in [1.165, 1.54) is 27.6 Å². The Kier molecular flexibility index (Phi) is 2.88. The fraction of sp³-hybridized carbons (Fsp3) is 0.125. The average molecular weight is 285 g/mol. The first-order chi connectivity index (χ1) is 8.34. The molecule has 0 aliphatic carbocycles. The molecule has 1 aliphatic heterocycles. The van der Waals surface area contributed by atoms with E-state index < -0.39 is 0 Å². The van der Waals surface area contributed by atoms with Gasteiger partial charge < -0.3 is 0 Å². The summed E-state index contributed by atoms with van der Waals surface area (Å²) in [5.41, 5.74) is 5.71. The number of aryl methyl sites for hydroxylation is 1. The molecule has 0 saturated heterocycles. The maximum atomic E-state index is 2.38. The summed E-state index contributed by atoms with van der Waals surface area (Å²) in [7, 11) is 0. The number of rotatable bonds is 1. The van der Waals surface area contributed by atoms with Gasteiger partial charge in [-0.3, -0.25) is 0 Å². The standard InChI is InChI=1S/C16H14Se/c1-12-6-2-3-7-13(12)10-16-15-9-5-4-8-14(15)11-17-16/h2-10H,11H2,1H3/b16-10-. The molecule has 2 aromatic rings. The summed E-state index contributed by atoms with van der Waals surface area (Å²) in [5.74, 6) is 0. The molecule has 3 rings (SSSR count). The number of hydrogen-bond donors (Lipinski definition) is 0. The van der Waals surface area contributed by atoms with Crippen LogP contribution in [0.2, 0.25) is 0 Å².